The lowest BCUT2D eigenvalue weighted by atomic mass is 9.94. The van der Waals surface area contributed by atoms with E-state index in [1.807, 2.05) is 19.9 Å². The molecule has 0 aliphatic carbocycles. The number of para-hydroxylation sites is 1. The molecule has 128 valence electrons. The van der Waals surface area contributed by atoms with Crippen molar-refractivity contribution in [3.8, 4) is 0 Å². The zero-order valence-electron chi connectivity index (χ0n) is 13.6. The van der Waals surface area contributed by atoms with Crippen molar-refractivity contribution >= 4 is 40.1 Å². The van der Waals surface area contributed by atoms with E-state index in [2.05, 4.69) is 5.32 Å². The van der Waals surface area contributed by atoms with Crippen molar-refractivity contribution < 1.29 is 9.21 Å². The van der Waals surface area contributed by atoms with Crippen LogP contribution in [0.4, 0.5) is 0 Å². The minimum Gasteiger partial charge on any atom is -0.422 e. The fourth-order valence-corrected chi connectivity index (χ4v) is 2.83. The second kappa shape index (κ2) is 6.54. The Hall–Kier alpha value is -2.30. The van der Waals surface area contributed by atoms with Gasteiger partial charge in [0.25, 0.3) is 5.91 Å². The van der Waals surface area contributed by atoms with E-state index in [9.17, 15) is 9.59 Å². The van der Waals surface area contributed by atoms with Gasteiger partial charge < -0.3 is 9.73 Å². The van der Waals surface area contributed by atoms with Gasteiger partial charge in [-0.05, 0) is 43.7 Å². The van der Waals surface area contributed by atoms with Gasteiger partial charge in [-0.1, -0.05) is 47.5 Å². The lowest BCUT2D eigenvalue weighted by molar-refractivity contribution is 0.0908. The second-order valence-corrected chi connectivity index (χ2v) is 7.01. The van der Waals surface area contributed by atoms with Gasteiger partial charge in [0.15, 0.2) is 0 Å². The maximum Gasteiger partial charge on any atom is 0.349 e. The molecule has 0 aliphatic rings. The molecule has 25 heavy (non-hydrogen) atoms. The molecule has 0 aliphatic heterocycles. The molecule has 1 amide bonds. The normalized spacial score (nSPS) is 11.5. The summed E-state index contributed by atoms with van der Waals surface area (Å²) >= 11 is 12.0. The van der Waals surface area contributed by atoms with Crippen molar-refractivity contribution in [1.29, 1.82) is 0 Å². The van der Waals surface area contributed by atoms with Crippen molar-refractivity contribution in [3.05, 3.63) is 80.1 Å². The number of hydrogen-bond donors (Lipinski definition) is 1. The van der Waals surface area contributed by atoms with E-state index in [-0.39, 0.29) is 5.56 Å². The van der Waals surface area contributed by atoms with Crippen LogP contribution < -0.4 is 10.9 Å². The van der Waals surface area contributed by atoms with E-state index >= 15 is 0 Å². The van der Waals surface area contributed by atoms with Crippen LogP contribution in [0.1, 0.15) is 29.8 Å². The van der Waals surface area contributed by atoms with Crippen molar-refractivity contribution in [1.82, 2.24) is 5.32 Å². The highest BCUT2D eigenvalue weighted by molar-refractivity contribution is 6.42. The lowest BCUT2D eigenvalue weighted by Gasteiger charge is -2.27. The van der Waals surface area contributed by atoms with Crippen LogP contribution in [0.25, 0.3) is 11.0 Å². The summed E-state index contributed by atoms with van der Waals surface area (Å²) in [6.07, 6.45) is 0. The summed E-state index contributed by atoms with van der Waals surface area (Å²) in [5.41, 5.74) is -0.287. The summed E-state index contributed by atoms with van der Waals surface area (Å²) in [5, 5.41) is 4.35. The van der Waals surface area contributed by atoms with Gasteiger partial charge >= 0.3 is 5.63 Å². The van der Waals surface area contributed by atoms with Crippen molar-refractivity contribution in [2.45, 2.75) is 19.4 Å². The number of rotatable bonds is 3. The van der Waals surface area contributed by atoms with Gasteiger partial charge in [-0.3, -0.25) is 4.79 Å². The fourth-order valence-electron chi connectivity index (χ4n) is 2.53. The van der Waals surface area contributed by atoms with Gasteiger partial charge in [0.05, 0.1) is 15.6 Å². The first kappa shape index (κ1) is 17.5. The Kier molecular flexibility index (Phi) is 4.58. The Morgan fingerprint density at radius 1 is 1.04 bits per heavy atom. The van der Waals surface area contributed by atoms with Gasteiger partial charge in [0, 0.05) is 5.39 Å². The molecule has 2 aromatic carbocycles. The average molecular weight is 376 g/mol. The number of amides is 1. The van der Waals surface area contributed by atoms with Crippen LogP contribution in [-0.2, 0) is 5.54 Å². The van der Waals surface area contributed by atoms with Gasteiger partial charge in [0.1, 0.15) is 11.1 Å². The van der Waals surface area contributed by atoms with E-state index in [4.69, 9.17) is 27.6 Å². The third-order valence-corrected chi connectivity index (χ3v) is 4.69. The molecule has 3 rings (SSSR count). The summed E-state index contributed by atoms with van der Waals surface area (Å²) in [5.74, 6) is -0.518. The molecule has 0 unspecified atom stereocenters. The maximum absolute atomic E-state index is 12.6. The molecule has 0 fully saturated rings. The van der Waals surface area contributed by atoms with Crippen LogP contribution in [-0.4, -0.2) is 5.91 Å². The summed E-state index contributed by atoms with van der Waals surface area (Å²) in [7, 11) is 0. The smallest absolute Gasteiger partial charge is 0.349 e. The van der Waals surface area contributed by atoms with Gasteiger partial charge in [-0.15, -0.1) is 0 Å². The van der Waals surface area contributed by atoms with Gasteiger partial charge in [0.2, 0.25) is 0 Å². The minimum atomic E-state index is -0.761. The first-order chi connectivity index (χ1) is 11.8. The highest BCUT2D eigenvalue weighted by Crippen LogP contribution is 2.28. The number of fused-ring (bicyclic) bond motifs is 1. The highest BCUT2D eigenvalue weighted by atomic mass is 35.5. The first-order valence-electron chi connectivity index (χ1n) is 7.59. The Balaban J connectivity index is 1.94. The molecule has 3 aromatic rings. The van der Waals surface area contributed by atoms with Crippen LogP contribution in [0.3, 0.4) is 0 Å². The number of nitrogens with one attached hydrogen (secondary N) is 1. The molecule has 4 nitrogen and oxygen atoms in total. The van der Waals surface area contributed by atoms with E-state index < -0.39 is 17.1 Å². The van der Waals surface area contributed by atoms with Crippen LogP contribution in [0.2, 0.25) is 10.0 Å². The quantitative estimate of drug-likeness (QED) is 0.671. The molecular formula is C19H15Cl2NO3. The molecule has 0 radical (unpaired) electrons. The number of benzene rings is 2. The number of carbonyl (C=O) groups is 1. The topological polar surface area (TPSA) is 59.3 Å². The Bertz CT molecular complexity index is 1020. The summed E-state index contributed by atoms with van der Waals surface area (Å²) < 4.78 is 5.21. The average Bonchev–Trinajstić information content (AvgIpc) is 2.56. The van der Waals surface area contributed by atoms with Gasteiger partial charge in [-0.2, -0.15) is 0 Å². The second-order valence-electron chi connectivity index (χ2n) is 6.19. The number of carbonyl (C=O) groups excluding carboxylic acids is 1. The Morgan fingerprint density at radius 3 is 2.48 bits per heavy atom. The van der Waals surface area contributed by atoms with Crippen LogP contribution in [0.5, 0.6) is 0 Å². The van der Waals surface area contributed by atoms with Crippen molar-refractivity contribution in [2.24, 2.45) is 0 Å². The van der Waals surface area contributed by atoms with E-state index in [0.717, 1.165) is 5.56 Å². The standard InChI is InChI=1S/C19H15Cl2NO3/c1-19(2,12-7-8-14(20)15(21)10-12)22-17(23)13-9-11-5-3-4-6-16(11)25-18(13)24/h3-10H,1-2H3,(H,22,23). The predicted molar refractivity (Wildman–Crippen MR) is 99.4 cm³/mol. The molecule has 1 N–H and O–H groups in total. The molecule has 0 saturated heterocycles. The predicted octanol–water partition coefficient (Wildman–Crippen LogP) is 4.76. The Morgan fingerprint density at radius 2 is 1.76 bits per heavy atom. The van der Waals surface area contributed by atoms with E-state index in [1.54, 1.807) is 36.4 Å². The minimum absolute atomic E-state index is 0.0492. The SMILES string of the molecule is CC(C)(NC(=O)c1cc2ccccc2oc1=O)c1ccc(Cl)c(Cl)c1. The monoisotopic (exact) mass is 375 g/mol. The Labute approximate surface area is 154 Å². The largest absolute Gasteiger partial charge is 0.422 e. The first-order valence-corrected chi connectivity index (χ1v) is 8.34. The van der Waals surface area contributed by atoms with E-state index in [1.165, 1.54) is 6.07 Å². The molecule has 0 saturated carbocycles. The third-order valence-electron chi connectivity index (χ3n) is 3.95. The summed E-state index contributed by atoms with van der Waals surface area (Å²) in [4.78, 5) is 24.7. The van der Waals surface area contributed by atoms with Crippen molar-refractivity contribution in [2.75, 3.05) is 0 Å². The molecule has 0 atom stereocenters. The van der Waals surface area contributed by atoms with Crippen molar-refractivity contribution in [3.63, 3.8) is 0 Å². The molecule has 1 aromatic heterocycles. The maximum atomic E-state index is 12.6. The molecule has 0 bridgehead atoms. The fraction of sp³-hybridized carbons (Fsp3) is 0.158. The molecule has 6 heteroatoms. The lowest BCUT2D eigenvalue weighted by Crippen LogP contribution is -2.42. The number of hydrogen-bond acceptors (Lipinski definition) is 3. The van der Waals surface area contributed by atoms with Crippen LogP contribution >= 0.6 is 23.2 Å². The van der Waals surface area contributed by atoms with Gasteiger partial charge in [-0.25, -0.2) is 4.79 Å². The zero-order chi connectivity index (χ0) is 18.2. The summed E-state index contributed by atoms with van der Waals surface area (Å²) in [6.45, 7) is 3.63. The highest BCUT2D eigenvalue weighted by Gasteiger charge is 2.26. The molecule has 1 heterocycles. The molecule has 0 spiro atoms. The zero-order valence-corrected chi connectivity index (χ0v) is 15.1. The van der Waals surface area contributed by atoms with Crippen LogP contribution in [0, 0.1) is 0 Å². The summed E-state index contributed by atoms with van der Waals surface area (Å²) in [6, 6.07) is 13.7. The third kappa shape index (κ3) is 3.55. The molecular weight excluding hydrogens is 361 g/mol. The number of halogens is 2. The van der Waals surface area contributed by atoms with Crippen LogP contribution in [0.15, 0.2) is 57.7 Å². The van der Waals surface area contributed by atoms with E-state index in [0.29, 0.717) is 21.0 Å².